The third-order valence-electron chi connectivity index (χ3n) is 3.34. The van der Waals surface area contributed by atoms with E-state index in [1.807, 2.05) is 43.4 Å². The van der Waals surface area contributed by atoms with Crippen molar-refractivity contribution >= 4 is 12.0 Å². The predicted molar refractivity (Wildman–Crippen MR) is 83.5 cm³/mol. The maximum atomic E-state index is 10.9. The Balaban J connectivity index is 2.25. The van der Waals surface area contributed by atoms with E-state index in [4.69, 9.17) is 9.47 Å². The highest BCUT2D eigenvalue weighted by Crippen LogP contribution is 2.25. The van der Waals surface area contributed by atoms with Crippen molar-refractivity contribution in [3.05, 3.63) is 53.6 Å². The Morgan fingerprint density at radius 1 is 1.10 bits per heavy atom. The summed E-state index contributed by atoms with van der Waals surface area (Å²) in [6, 6.07) is 13.3. The number of benzene rings is 2. The van der Waals surface area contributed by atoms with Crippen LogP contribution in [0.2, 0.25) is 0 Å². The predicted octanol–water partition coefficient (Wildman–Crippen LogP) is 3.15. The number of hydrogen-bond donors (Lipinski definition) is 0. The van der Waals surface area contributed by atoms with Gasteiger partial charge in [-0.05, 0) is 30.3 Å². The van der Waals surface area contributed by atoms with Crippen LogP contribution in [0.3, 0.4) is 0 Å². The number of anilines is 1. The second-order valence-corrected chi connectivity index (χ2v) is 4.75. The molecule has 2 rings (SSSR count). The number of carbonyl (C=O) groups is 1. The number of nitrogens with zero attached hydrogens (tertiary/aromatic N) is 1. The zero-order valence-corrected chi connectivity index (χ0v) is 12.5. The van der Waals surface area contributed by atoms with Gasteiger partial charge in [-0.1, -0.05) is 6.07 Å². The molecule has 0 aliphatic carbocycles. The normalized spacial score (nSPS) is 10.0. The van der Waals surface area contributed by atoms with Crippen molar-refractivity contribution in [3.63, 3.8) is 0 Å². The van der Waals surface area contributed by atoms with Crippen molar-refractivity contribution in [1.82, 2.24) is 0 Å². The second kappa shape index (κ2) is 6.79. The van der Waals surface area contributed by atoms with Gasteiger partial charge in [-0.3, -0.25) is 4.79 Å². The van der Waals surface area contributed by atoms with Crippen LogP contribution < -0.4 is 14.4 Å². The van der Waals surface area contributed by atoms with E-state index in [0.29, 0.717) is 12.1 Å². The lowest BCUT2D eigenvalue weighted by molar-refractivity contribution is 0.112. The maximum absolute atomic E-state index is 10.9. The van der Waals surface area contributed by atoms with Gasteiger partial charge in [-0.25, -0.2) is 0 Å². The van der Waals surface area contributed by atoms with E-state index in [2.05, 4.69) is 4.90 Å². The molecule has 0 atom stereocenters. The molecule has 0 N–H and O–H groups in total. The number of hydrogen-bond acceptors (Lipinski definition) is 4. The standard InChI is InChI=1S/C17H19NO3/c1-18(15-5-4-6-16(10-15)20-2)11-14-9-13(12-19)7-8-17(14)21-3/h4-10,12H,11H2,1-3H3. The molecule has 0 heterocycles. The van der Waals surface area contributed by atoms with Gasteiger partial charge >= 0.3 is 0 Å². The maximum Gasteiger partial charge on any atom is 0.150 e. The molecule has 0 aliphatic heterocycles. The van der Waals surface area contributed by atoms with E-state index in [0.717, 1.165) is 29.0 Å². The molecule has 4 nitrogen and oxygen atoms in total. The van der Waals surface area contributed by atoms with Gasteiger partial charge in [-0.2, -0.15) is 0 Å². The molecule has 2 aromatic rings. The first-order valence-electron chi connectivity index (χ1n) is 6.65. The Labute approximate surface area is 124 Å². The van der Waals surface area contributed by atoms with E-state index in [9.17, 15) is 4.79 Å². The van der Waals surface area contributed by atoms with Crippen molar-refractivity contribution in [2.75, 3.05) is 26.2 Å². The summed E-state index contributed by atoms with van der Waals surface area (Å²) >= 11 is 0. The SMILES string of the molecule is COc1cccc(N(C)Cc2cc(C=O)ccc2OC)c1. The number of rotatable bonds is 6. The lowest BCUT2D eigenvalue weighted by Crippen LogP contribution is -2.17. The zero-order valence-electron chi connectivity index (χ0n) is 12.5. The molecule has 0 unspecified atom stereocenters. The molecule has 2 aromatic carbocycles. The van der Waals surface area contributed by atoms with E-state index >= 15 is 0 Å². The first kappa shape index (κ1) is 14.9. The van der Waals surface area contributed by atoms with Crippen LogP contribution in [0.5, 0.6) is 11.5 Å². The van der Waals surface area contributed by atoms with Gasteiger partial charge in [0.15, 0.2) is 0 Å². The number of methoxy groups -OCH3 is 2. The summed E-state index contributed by atoms with van der Waals surface area (Å²) in [6.45, 7) is 0.637. The van der Waals surface area contributed by atoms with E-state index in [-0.39, 0.29) is 0 Å². The Hall–Kier alpha value is -2.49. The van der Waals surface area contributed by atoms with Crippen LogP contribution >= 0.6 is 0 Å². The van der Waals surface area contributed by atoms with Crippen molar-refractivity contribution in [1.29, 1.82) is 0 Å². The molecule has 0 bridgehead atoms. The summed E-state index contributed by atoms with van der Waals surface area (Å²) in [4.78, 5) is 13.0. The lowest BCUT2D eigenvalue weighted by atomic mass is 10.1. The van der Waals surface area contributed by atoms with Gasteiger partial charge in [-0.15, -0.1) is 0 Å². The van der Waals surface area contributed by atoms with Crippen LogP contribution in [-0.4, -0.2) is 27.6 Å². The Bertz CT molecular complexity index is 625. The largest absolute Gasteiger partial charge is 0.497 e. The fourth-order valence-corrected chi connectivity index (χ4v) is 2.19. The molecule has 0 aromatic heterocycles. The second-order valence-electron chi connectivity index (χ2n) is 4.75. The van der Waals surface area contributed by atoms with E-state index in [1.54, 1.807) is 20.3 Å². The molecule has 0 radical (unpaired) electrons. The van der Waals surface area contributed by atoms with Gasteiger partial charge in [0.1, 0.15) is 17.8 Å². The van der Waals surface area contributed by atoms with Gasteiger partial charge in [0.05, 0.1) is 14.2 Å². The van der Waals surface area contributed by atoms with Crippen LogP contribution in [0, 0.1) is 0 Å². The number of carbonyl (C=O) groups excluding carboxylic acids is 1. The van der Waals surface area contributed by atoms with Crippen molar-refractivity contribution in [2.24, 2.45) is 0 Å². The van der Waals surface area contributed by atoms with Crippen molar-refractivity contribution in [2.45, 2.75) is 6.54 Å². The quantitative estimate of drug-likeness (QED) is 0.764. The Kier molecular flexibility index (Phi) is 4.82. The molecule has 4 heteroatoms. The fraction of sp³-hybridized carbons (Fsp3) is 0.235. The minimum atomic E-state index is 0.637. The Morgan fingerprint density at radius 2 is 1.90 bits per heavy atom. The first-order chi connectivity index (χ1) is 10.2. The highest BCUT2D eigenvalue weighted by atomic mass is 16.5. The topological polar surface area (TPSA) is 38.8 Å². The minimum absolute atomic E-state index is 0.637. The fourth-order valence-electron chi connectivity index (χ4n) is 2.19. The molecular weight excluding hydrogens is 266 g/mol. The summed E-state index contributed by atoms with van der Waals surface area (Å²) in [5.41, 5.74) is 2.64. The highest BCUT2D eigenvalue weighted by molar-refractivity contribution is 5.75. The summed E-state index contributed by atoms with van der Waals surface area (Å²) in [7, 11) is 5.27. The van der Waals surface area contributed by atoms with Crippen LogP contribution in [0.15, 0.2) is 42.5 Å². The average molecular weight is 285 g/mol. The lowest BCUT2D eigenvalue weighted by Gasteiger charge is -2.21. The molecule has 0 aliphatic rings. The Morgan fingerprint density at radius 3 is 2.57 bits per heavy atom. The van der Waals surface area contributed by atoms with Crippen LogP contribution in [-0.2, 0) is 6.54 Å². The van der Waals surface area contributed by atoms with Gasteiger partial charge < -0.3 is 14.4 Å². The van der Waals surface area contributed by atoms with Gasteiger partial charge in [0.2, 0.25) is 0 Å². The highest BCUT2D eigenvalue weighted by Gasteiger charge is 2.09. The number of ether oxygens (including phenoxy) is 2. The zero-order chi connectivity index (χ0) is 15.2. The van der Waals surface area contributed by atoms with E-state index in [1.165, 1.54) is 0 Å². The monoisotopic (exact) mass is 285 g/mol. The van der Waals surface area contributed by atoms with Crippen LogP contribution in [0.4, 0.5) is 5.69 Å². The number of aldehydes is 1. The first-order valence-corrected chi connectivity index (χ1v) is 6.65. The van der Waals surface area contributed by atoms with E-state index < -0.39 is 0 Å². The van der Waals surface area contributed by atoms with Crippen LogP contribution in [0.25, 0.3) is 0 Å². The average Bonchev–Trinajstić information content (AvgIpc) is 2.54. The smallest absolute Gasteiger partial charge is 0.150 e. The molecule has 0 fully saturated rings. The summed E-state index contributed by atoms with van der Waals surface area (Å²) in [6.07, 6.45) is 0.842. The summed E-state index contributed by atoms with van der Waals surface area (Å²) in [5, 5.41) is 0. The molecule has 0 saturated heterocycles. The van der Waals surface area contributed by atoms with Crippen LogP contribution in [0.1, 0.15) is 15.9 Å². The molecule has 21 heavy (non-hydrogen) atoms. The summed E-state index contributed by atoms with van der Waals surface area (Å²) < 4.78 is 10.6. The molecule has 110 valence electrons. The van der Waals surface area contributed by atoms with Gasteiger partial charge in [0, 0.05) is 36.5 Å². The molecule has 0 amide bonds. The third-order valence-corrected chi connectivity index (χ3v) is 3.34. The molecule has 0 saturated carbocycles. The van der Waals surface area contributed by atoms with Crippen molar-refractivity contribution < 1.29 is 14.3 Å². The molecule has 0 spiro atoms. The summed E-state index contributed by atoms with van der Waals surface area (Å²) in [5.74, 6) is 1.59. The van der Waals surface area contributed by atoms with Crippen molar-refractivity contribution in [3.8, 4) is 11.5 Å². The third kappa shape index (κ3) is 3.54. The minimum Gasteiger partial charge on any atom is -0.497 e. The molecular formula is C17H19NO3. The van der Waals surface area contributed by atoms with Gasteiger partial charge in [0.25, 0.3) is 0 Å².